The van der Waals surface area contributed by atoms with Crippen molar-refractivity contribution in [2.24, 2.45) is 0 Å². The fourth-order valence-electron chi connectivity index (χ4n) is 2.42. The van der Waals surface area contributed by atoms with Gasteiger partial charge in [0, 0.05) is 18.0 Å². The van der Waals surface area contributed by atoms with Gasteiger partial charge in [-0.15, -0.1) is 0 Å². The summed E-state index contributed by atoms with van der Waals surface area (Å²) < 4.78 is 0.555. The fraction of sp³-hybridized carbons (Fsp3) is 0.111. The van der Waals surface area contributed by atoms with Gasteiger partial charge in [0.15, 0.2) is 0 Å². The van der Waals surface area contributed by atoms with Gasteiger partial charge in [-0.05, 0) is 39.7 Å². The SMILES string of the molecule is O=C(N[C@@H](Cc1cccnc1Br)C(=O)O)c1ccc2ccccc2n1. The van der Waals surface area contributed by atoms with Crippen molar-refractivity contribution in [2.75, 3.05) is 0 Å². The van der Waals surface area contributed by atoms with Crippen molar-refractivity contribution in [1.29, 1.82) is 0 Å². The molecule has 0 bridgehead atoms. The first-order chi connectivity index (χ1) is 12.0. The van der Waals surface area contributed by atoms with Crippen LogP contribution in [0.3, 0.4) is 0 Å². The number of pyridine rings is 2. The maximum absolute atomic E-state index is 12.4. The van der Waals surface area contributed by atoms with Gasteiger partial charge >= 0.3 is 5.97 Å². The number of fused-ring (bicyclic) bond motifs is 1. The summed E-state index contributed by atoms with van der Waals surface area (Å²) >= 11 is 3.28. The average Bonchev–Trinajstić information content (AvgIpc) is 2.62. The number of aromatic nitrogens is 2. The van der Waals surface area contributed by atoms with Gasteiger partial charge in [-0.1, -0.05) is 30.3 Å². The van der Waals surface area contributed by atoms with E-state index in [0.29, 0.717) is 15.7 Å². The highest BCUT2D eigenvalue weighted by Gasteiger charge is 2.23. The largest absolute Gasteiger partial charge is 0.480 e. The average molecular weight is 400 g/mol. The number of amides is 1. The highest BCUT2D eigenvalue weighted by Crippen LogP contribution is 2.15. The molecule has 0 spiro atoms. The van der Waals surface area contributed by atoms with E-state index in [2.05, 4.69) is 31.2 Å². The van der Waals surface area contributed by atoms with E-state index < -0.39 is 17.9 Å². The summed E-state index contributed by atoms with van der Waals surface area (Å²) in [7, 11) is 0. The second kappa shape index (κ2) is 7.40. The van der Waals surface area contributed by atoms with E-state index >= 15 is 0 Å². The van der Waals surface area contributed by atoms with Crippen molar-refractivity contribution in [3.63, 3.8) is 0 Å². The van der Waals surface area contributed by atoms with Crippen molar-refractivity contribution < 1.29 is 14.7 Å². The molecule has 126 valence electrons. The number of nitrogens with zero attached hydrogens (tertiary/aromatic N) is 2. The van der Waals surface area contributed by atoms with E-state index in [0.717, 1.165) is 5.39 Å². The second-order valence-corrected chi connectivity index (χ2v) is 6.16. The molecule has 1 amide bonds. The lowest BCUT2D eigenvalue weighted by Gasteiger charge is -2.15. The Hall–Kier alpha value is -2.80. The minimum Gasteiger partial charge on any atom is -0.480 e. The monoisotopic (exact) mass is 399 g/mol. The molecule has 3 rings (SSSR count). The predicted molar refractivity (Wildman–Crippen MR) is 96.3 cm³/mol. The molecule has 3 aromatic rings. The molecule has 1 atom stereocenters. The first-order valence-electron chi connectivity index (χ1n) is 7.53. The molecule has 0 aliphatic heterocycles. The lowest BCUT2D eigenvalue weighted by atomic mass is 10.1. The van der Waals surface area contributed by atoms with Gasteiger partial charge in [-0.3, -0.25) is 4.79 Å². The third-order valence-electron chi connectivity index (χ3n) is 3.69. The van der Waals surface area contributed by atoms with Crippen LogP contribution in [0.25, 0.3) is 10.9 Å². The number of carbonyl (C=O) groups excluding carboxylic acids is 1. The molecule has 25 heavy (non-hydrogen) atoms. The molecule has 0 fully saturated rings. The summed E-state index contributed by atoms with van der Waals surface area (Å²) in [6.07, 6.45) is 1.71. The first-order valence-corrected chi connectivity index (χ1v) is 8.33. The quantitative estimate of drug-likeness (QED) is 0.643. The molecule has 0 unspecified atom stereocenters. The van der Waals surface area contributed by atoms with Gasteiger partial charge in [0.2, 0.25) is 0 Å². The van der Waals surface area contributed by atoms with Crippen LogP contribution in [0.15, 0.2) is 59.3 Å². The van der Waals surface area contributed by atoms with Crippen molar-refractivity contribution >= 4 is 38.7 Å². The van der Waals surface area contributed by atoms with E-state index in [1.54, 1.807) is 36.5 Å². The zero-order valence-electron chi connectivity index (χ0n) is 13.0. The van der Waals surface area contributed by atoms with Crippen molar-refractivity contribution in [3.8, 4) is 0 Å². The van der Waals surface area contributed by atoms with E-state index in [1.165, 1.54) is 0 Å². The number of para-hydroxylation sites is 1. The lowest BCUT2D eigenvalue weighted by molar-refractivity contribution is -0.139. The van der Waals surface area contributed by atoms with E-state index in [-0.39, 0.29) is 12.1 Å². The standard InChI is InChI=1S/C18H14BrN3O3/c19-16-12(5-3-9-20-16)10-15(18(24)25)22-17(23)14-8-7-11-4-1-2-6-13(11)21-14/h1-9,15H,10H2,(H,22,23)(H,24,25)/t15-/m0/s1. The van der Waals surface area contributed by atoms with Gasteiger partial charge in [-0.2, -0.15) is 0 Å². The number of aliphatic carboxylic acids is 1. The van der Waals surface area contributed by atoms with Crippen LogP contribution in [-0.2, 0) is 11.2 Å². The third kappa shape index (κ3) is 4.00. The Bertz CT molecular complexity index is 946. The van der Waals surface area contributed by atoms with Gasteiger partial charge in [0.1, 0.15) is 16.3 Å². The van der Waals surface area contributed by atoms with Crippen molar-refractivity contribution in [3.05, 3.63) is 70.6 Å². The summed E-state index contributed by atoms with van der Waals surface area (Å²) in [5.74, 6) is -1.65. The second-order valence-electron chi connectivity index (χ2n) is 5.41. The maximum atomic E-state index is 12.4. The minimum atomic E-state index is -1.12. The normalized spacial score (nSPS) is 11.9. The Morgan fingerprint density at radius 3 is 2.68 bits per heavy atom. The van der Waals surface area contributed by atoms with E-state index in [9.17, 15) is 14.7 Å². The number of benzene rings is 1. The van der Waals surface area contributed by atoms with Gasteiger partial charge in [0.05, 0.1) is 5.52 Å². The van der Waals surface area contributed by atoms with Crippen LogP contribution in [0.5, 0.6) is 0 Å². The smallest absolute Gasteiger partial charge is 0.326 e. The topological polar surface area (TPSA) is 92.2 Å². The summed E-state index contributed by atoms with van der Waals surface area (Å²) in [6, 6.07) is 13.2. The van der Waals surface area contributed by atoms with E-state index in [4.69, 9.17) is 0 Å². The molecule has 2 aromatic heterocycles. The van der Waals surface area contributed by atoms with Crippen LogP contribution in [0.1, 0.15) is 16.1 Å². The number of carboxylic acid groups (broad SMARTS) is 1. The molecule has 2 N–H and O–H groups in total. The molecule has 2 heterocycles. The third-order valence-corrected chi connectivity index (χ3v) is 4.41. The number of carbonyl (C=O) groups is 2. The molecule has 7 heteroatoms. The molecule has 1 aromatic carbocycles. The highest BCUT2D eigenvalue weighted by molar-refractivity contribution is 9.10. The fourth-order valence-corrected chi connectivity index (χ4v) is 2.83. The summed E-state index contributed by atoms with van der Waals surface area (Å²) in [5.41, 5.74) is 1.55. The van der Waals surface area contributed by atoms with Crippen LogP contribution in [-0.4, -0.2) is 33.0 Å². The van der Waals surface area contributed by atoms with Crippen molar-refractivity contribution in [2.45, 2.75) is 12.5 Å². The zero-order valence-corrected chi connectivity index (χ0v) is 14.6. The van der Waals surface area contributed by atoms with Crippen LogP contribution in [0, 0.1) is 0 Å². The van der Waals surface area contributed by atoms with Crippen LogP contribution in [0.2, 0.25) is 0 Å². The van der Waals surface area contributed by atoms with Gasteiger partial charge < -0.3 is 10.4 Å². The number of rotatable bonds is 5. The number of halogens is 1. The highest BCUT2D eigenvalue weighted by atomic mass is 79.9. The maximum Gasteiger partial charge on any atom is 0.326 e. The van der Waals surface area contributed by atoms with Gasteiger partial charge in [-0.25, -0.2) is 14.8 Å². The molecular weight excluding hydrogens is 386 g/mol. The number of hydrogen-bond donors (Lipinski definition) is 2. The van der Waals surface area contributed by atoms with Crippen LogP contribution < -0.4 is 5.32 Å². The molecule has 6 nitrogen and oxygen atoms in total. The molecule has 0 saturated heterocycles. The molecule has 0 aliphatic rings. The molecule has 0 aliphatic carbocycles. The van der Waals surface area contributed by atoms with E-state index in [1.807, 2.05) is 18.2 Å². The summed E-state index contributed by atoms with van der Waals surface area (Å²) in [6.45, 7) is 0. The Labute approximate surface area is 152 Å². The summed E-state index contributed by atoms with van der Waals surface area (Å²) in [4.78, 5) is 32.3. The molecule has 0 saturated carbocycles. The van der Waals surface area contributed by atoms with Gasteiger partial charge in [0.25, 0.3) is 5.91 Å². The van der Waals surface area contributed by atoms with Crippen LogP contribution >= 0.6 is 15.9 Å². The Balaban J connectivity index is 1.80. The lowest BCUT2D eigenvalue weighted by Crippen LogP contribution is -2.42. The minimum absolute atomic E-state index is 0.114. The number of nitrogens with one attached hydrogen (secondary N) is 1. The summed E-state index contributed by atoms with van der Waals surface area (Å²) in [5, 5.41) is 12.9. The number of hydrogen-bond acceptors (Lipinski definition) is 4. The predicted octanol–water partition coefficient (Wildman–Crippen LogP) is 2.82. The molecule has 0 radical (unpaired) electrons. The van der Waals surface area contributed by atoms with Crippen LogP contribution in [0.4, 0.5) is 0 Å². The Kier molecular flexibility index (Phi) is 5.04. The first kappa shape index (κ1) is 17.0. The molecular formula is C18H14BrN3O3. The number of carboxylic acids is 1. The Morgan fingerprint density at radius 1 is 1.12 bits per heavy atom. The van der Waals surface area contributed by atoms with Crippen molar-refractivity contribution in [1.82, 2.24) is 15.3 Å². The zero-order chi connectivity index (χ0) is 17.8. The Morgan fingerprint density at radius 2 is 1.92 bits per heavy atom.